The van der Waals surface area contributed by atoms with Crippen LogP contribution in [0.3, 0.4) is 0 Å². The van der Waals surface area contributed by atoms with Crippen molar-refractivity contribution < 1.29 is 4.74 Å². The number of ether oxygens (including phenoxy) is 1. The number of hydrazine groups is 1. The summed E-state index contributed by atoms with van der Waals surface area (Å²) in [5.74, 6) is 0.959. The van der Waals surface area contributed by atoms with Crippen LogP contribution in [0.5, 0.6) is 5.75 Å². The number of aryl methyl sites for hydroxylation is 1. The third kappa shape index (κ3) is 4.58. The molecule has 1 unspecified atom stereocenters. The molecule has 1 atom stereocenters. The highest BCUT2D eigenvalue weighted by Gasteiger charge is 2.28. The predicted octanol–water partition coefficient (Wildman–Crippen LogP) is 3.47. The van der Waals surface area contributed by atoms with Gasteiger partial charge in [-0.1, -0.05) is 24.3 Å². The van der Waals surface area contributed by atoms with Crippen molar-refractivity contribution in [1.29, 1.82) is 0 Å². The number of hydrogen-bond donors (Lipinski definition) is 1. The summed E-state index contributed by atoms with van der Waals surface area (Å²) in [6.45, 7) is 8.54. The van der Waals surface area contributed by atoms with Crippen molar-refractivity contribution in [3.05, 3.63) is 53.6 Å². The molecule has 0 aromatic heterocycles. The average Bonchev–Trinajstić information content (AvgIpc) is 2.85. The molecule has 0 radical (unpaired) electrons. The molecule has 3 aliphatic rings. The number of likely N-dealkylation sites (N-methyl/N-ethyl adjacent to an activating group) is 1. The van der Waals surface area contributed by atoms with Gasteiger partial charge in [-0.15, -0.1) is 0 Å². The molecule has 32 heavy (non-hydrogen) atoms. The van der Waals surface area contributed by atoms with E-state index < -0.39 is 0 Å². The predicted molar refractivity (Wildman–Crippen MR) is 132 cm³/mol. The number of hydrogen-bond acceptors (Lipinski definition) is 6. The standard InChI is InChI=1S/C26H37N5O/c1-28-12-14-30(15-13-28)25-20-22(10-11-26(25)32-2)27-31-18-16-29(17-19-31)24-9-5-7-21-6-3-4-8-23(21)24/h3-4,6,8,10-11,20,24,27H,5,7,9,12-19H2,1-2H3. The molecule has 0 spiro atoms. The highest BCUT2D eigenvalue weighted by atomic mass is 16.5. The lowest BCUT2D eigenvalue weighted by molar-refractivity contribution is 0.101. The molecule has 1 aliphatic carbocycles. The Bertz CT molecular complexity index is 903. The van der Waals surface area contributed by atoms with Crippen LogP contribution in [-0.2, 0) is 6.42 Å². The zero-order chi connectivity index (χ0) is 21.9. The van der Waals surface area contributed by atoms with E-state index in [4.69, 9.17) is 4.74 Å². The molecule has 0 saturated carbocycles. The number of methoxy groups -OCH3 is 1. The largest absolute Gasteiger partial charge is 0.495 e. The van der Waals surface area contributed by atoms with Crippen LogP contribution in [0.2, 0.25) is 0 Å². The molecular weight excluding hydrogens is 398 g/mol. The van der Waals surface area contributed by atoms with Gasteiger partial charge in [-0.2, -0.15) is 0 Å². The first kappa shape index (κ1) is 21.6. The molecule has 5 rings (SSSR count). The Morgan fingerprint density at radius 2 is 1.69 bits per heavy atom. The molecular formula is C26H37N5O. The number of anilines is 2. The normalized spacial score (nSPS) is 23.1. The zero-order valence-corrected chi connectivity index (χ0v) is 19.6. The Morgan fingerprint density at radius 3 is 2.47 bits per heavy atom. The van der Waals surface area contributed by atoms with E-state index in [1.807, 2.05) is 0 Å². The van der Waals surface area contributed by atoms with Gasteiger partial charge >= 0.3 is 0 Å². The van der Waals surface area contributed by atoms with Crippen molar-refractivity contribution in [2.45, 2.75) is 25.3 Å². The minimum Gasteiger partial charge on any atom is -0.495 e. The average molecular weight is 436 g/mol. The number of nitrogens with zero attached hydrogens (tertiary/aromatic N) is 4. The lowest BCUT2D eigenvalue weighted by Crippen LogP contribution is -2.50. The first-order chi connectivity index (χ1) is 15.7. The lowest BCUT2D eigenvalue weighted by Gasteiger charge is -2.41. The van der Waals surface area contributed by atoms with Gasteiger partial charge in [0.05, 0.1) is 18.5 Å². The molecule has 2 aromatic carbocycles. The fourth-order valence-corrected chi connectivity index (χ4v) is 5.49. The SMILES string of the molecule is COc1ccc(NN2CCN(C3CCCc4ccccc43)CC2)cc1N1CCN(C)CC1. The Labute approximate surface area is 192 Å². The van der Waals surface area contributed by atoms with Crippen molar-refractivity contribution in [3.63, 3.8) is 0 Å². The lowest BCUT2D eigenvalue weighted by atomic mass is 9.86. The molecule has 0 amide bonds. The topological polar surface area (TPSA) is 34.2 Å². The van der Waals surface area contributed by atoms with Crippen LogP contribution in [0.1, 0.15) is 30.0 Å². The van der Waals surface area contributed by atoms with Crippen LogP contribution in [0.15, 0.2) is 42.5 Å². The summed E-state index contributed by atoms with van der Waals surface area (Å²) in [6.07, 6.45) is 3.83. The van der Waals surface area contributed by atoms with E-state index >= 15 is 0 Å². The number of fused-ring (bicyclic) bond motifs is 1. The first-order valence-electron chi connectivity index (χ1n) is 12.2. The Morgan fingerprint density at radius 1 is 0.906 bits per heavy atom. The summed E-state index contributed by atoms with van der Waals surface area (Å²) >= 11 is 0. The van der Waals surface area contributed by atoms with Crippen LogP contribution in [0, 0.1) is 0 Å². The number of nitrogens with one attached hydrogen (secondary N) is 1. The summed E-state index contributed by atoms with van der Waals surface area (Å²) in [5, 5.41) is 2.38. The van der Waals surface area contributed by atoms with Gasteiger partial charge in [-0.25, -0.2) is 5.01 Å². The molecule has 6 nitrogen and oxygen atoms in total. The van der Waals surface area contributed by atoms with Crippen molar-refractivity contribution in [2.24, 2.45) is 0 Å². The third-order valence-corrected chi connectivity index (χ3v) is 7.40. The molecule has 2 heterocycles. The van der Waals surface area contributed by atoms with Gasteiger partial charge in [0, 0.05) is 58.4 Å². The maximum absolute atomic E-state index is 5.68. The van der Waals surface area contributed by atoms with Crippen molar-refractivity contribution >= 4 is 11.4 Å². The van der Waals surface area contributed by atoms with Gasteiger partial charge in [0.15, 0.2) is 0 Å². The molecule has 2 saturated heterocycles. The second-order valence-electron chi connectivity index (χ2n) is 9.42. The second-order valence-corrected chi connectivity index (χ2v) is 9.42. The number of rotatable bonds is 5. The van der Waals surface area contributed by atoms with E-state index in [-0.39, 0.29) is 0 Å². The molecule has 172 valence electrons. The Balaban J connectivity index is 1.22. The summed E-state index contributed by atoms with van der Waals surface area (Å²) in [5.41, 5.74) is 9.14. The zero-order valence-electron chi connectivity index (χ0n) is 19.6. The fraction of sp³-hybridized carbons (Fsp3) is 0.538. The van der Waals surface area contributed by atoms with Gasteiger partial charge in [0.1, 0.15) is 5.75 Å². The van der Waals surface area contributed by atoms with Crippen molar-refractivity contribution in [1.82, 2.24) is 14.8 Å². The summed E-state index contributed by atoms with van der Waals surface area (Å²) in [6, 6.07) is 16.2. The van der Waals surface area contributed by atoms with Gasteiger partial charge < -0.3 is 20.0 Å². The van der Waals surface area contributed by atoms with E-state index in [9.17, 15) is 0 Å². The Kier molecular flexibility index (Phi) is 6.53. The second kappa shape index (κ2) is 9.69. The smallest absolute Gasteiger partial charge is 0.142 e. The quantitative estimate of drug-likeness (QED) is 0.775. The molecule has 2 aromatic rings. The van der Waals surface area contributed by atoms with Crippen LogP contribution in [0.4, 0.5) is 11.4 Å². The van der Waals surface area contributed by atoms with E-state index in [2.05, 4.69) is 74.6 Å². The molecule has 6 heteroatoms. The molecule has 1 N–H and O–H groups in total. The van der Waals surface area contributed by atoms with Crippen LogP contribution >= 0.6 is 0 Å². The molecule has 2 fully saturated rings. The monoisotopic (exact) mass is 435 g/mol. The van der Waals surface area contributed by atoms with Crippen molar-refractivity contribution in [2.75, 3.05) is 76.8 Å². The molecule has 2 aliphatic heterocycles. The van der Waals surface area contributed by atoms with Crippen LogP contribution in [0.25, 0.3) is 0 Å². The molecule has 0 bridgehead atoms. The highest BCUT2D eigenvalue weighted by Crippen LogP contribution is 2.35. The number of benzene rings is 2. The van der Waals surface area contributed by atoms with Gasteiger partial charge in [-0.3, -0.25) is 4.90 Å². The minimum atomic E-state index is 0.590. The third-order valence-electron chi connectivity index (χ3n) is 7.40. The van der Waals surface area contributed by atoms with Crippen LogP contribution < -0.4 is 15.1 Å². The minimum absolute atomic E-state index is 0.590. The van der Waals surface area contributed by atoms with Gasteiger partial charge in [-0.05, 0) is 55.6 Å². The first-order valence-corrected chi connectivity index (χ1v) is 12.2. The highest BCUT2D eigenvalue weighted by molar-refractivity contribution is 5.66. The van der Waals surface area contributed by atoms with E-state index in [1.165, 1.54) is 24.9 Å². The van der Waals surface area contributed by atoms with Crippen molar-refractivity contribution in [3.8, 4) is 5.75 Å². The van der Waals surface area contributed by atoms with E-state index in [0.29, 0.717) is 6.04 Å². The summed E-state index contributed by atoms with van der Waals surface area (Å²) < 4.78 is 5.68. The Hall–Kier alpha value is -2.28. The van der Waals surface area contributed by atoms with Gasteiger partial charge in [0.25, 0.3) is 0 Å². The summed E-state index contributed by atoms with van der Waals surface area (Å²) in [7, 11) is 3.96. The number of piperazine rings is 2. The maximum atomic E-state index is 5.68. The van der Waals surface area contributed by atoms with Crippen LogP contribution in [-0.4, -0.2) is 81.3 Å². The fourth-order valence-electron chi connectivity index (χ4n) is 5.49. The van der Waals surface area contributed by atoms with Gasteiger partial charge in [0.2, 0.25) is 0 Å². The maximum Gasteiger partial charge on any atom is 0.142 e. The van der Waals surface area contributed by atoms with E-state index in [1.54, 1.807) is 18.2 Å². The van der Waals surface area contributed by atoms with E-state index in [0.717, 1.165) is 63.8 Å². The summed E-state index contributed by atoms with van der Waals surface area (Å²) in [4.78, 5) is 7.53.